The molecule has 0 aliphatic carbocycles. The lowest BCUT2D eigenvalue weighted by atomic mass is 10.2. The maximum atomic E-state index is 6.26. The van der Waals surface area contributed by atoms with Crippen molar-refractivity contribution in [3.8, 4) is 0 Å². The summed E-state index contributed by atoms with van der Waals surface area (Å²) in [6.07, 6.45) is 3.26. The molecule has 1 aromatic carbocycles. The fraction of sp³-hybridized carbons (Fsp3) is 0.500. The van der Waals surface area contributed by atoms with E-state index in [-0.39, 0.29) is 0 Å². The minimum Gasteiger partial charge on any atom is -0.382 e. The normalized spacial score (nSPS) is 15.9. The van der Waals surface area contributed by atoms with E-state index in [1.165, 1.54) is 0 Å². The Morgan fingerprint density at radius 2 is 1.92 bits per heavy atom. The van der Waals surface area contributed by atoms with Gasteiger partial charge in [0, 0.05) is 38.0 Å². The minimum absolute atomic E-state index is 0.529. The average molecular weight is 353 g/mol. The zero-order valence-corrected chi connectivity index (χ0v) is 15.4. The summed E-state index contributed by atoms with van der Waals surface area (Å²) in [7, 11) is 0. The second kappa shape index (κ2) is 7.60. The van der Waals surface area contributed by atoms with Crippen LogP contribution in [0.15, 0.2) is 24.3 Å². The number of hydrogen-bond acceptors (Lipinski definition) is 5. The van der Waals surface area contributed by atoms with Gasteiger partial charge in [-0.1, -0.05) is 31.5 Å². The zero-order chi connectivity index (χ0) is 17.9. The van der Waals surface area contributed by atoms with Crippen LogP contribution in [0.3, 0.4) is 0 Å². The van der Waals surface area contributed by atoms with E-state index >= 15 is 0 Å². The molecule has 6 nitrogen and oxygen atoms in total. The molecule has 3 aromatic rings. The molecule has 0 bridgehead atoms. The lowest BCUT2D eigenvalue weighted by Gasteiger charge is -2.27. The van der Waals surface area contributed by atoms with Gasteiger partial charge in [-0.15, -0.1) is 0 Å². The van der Waals surface area contributed by atoms with E-state index in [9.17, 15) is 0 Å². The Morgan fingerprint density at radius 1 is 1.12 bits per heavy atom. The fourth-order valence-electron chi connectivity index (χ4n) is 3.74. The molecule has 3 heterocycles. The predicted molar refractivity (Wildman–Crippen MR) is 105 cm³/mol. The molecular formula is C20H27N5O. The zero-order valence-electron chi connectivity index (χ0n) is 15.4. The molecular weight excluding hydrogens is 326 g/mol. The number of aryl methyl sites for hydroxylation is 1. The molecule has 0 radical (unpaired) electrons. The van der Waals surface area contributed by atoms with Gasteiger partial charge in [0.15, 0.2) is 5.82 Å². The Bertz CT molecular complexity index is 898. The van der Waals surface area contributed by atoms with Gasteiger partial charge >= 0.3 is 0 Å². The number of pyridine rings is 1. The lowest BCUT2D eigenvalue weighted by Crippen LogP contribution is -2.38. The van der Waals surface area contributed by atoms with Crippen molar-refractivity contribution in [2.45, 2.75) is 32.7 Å². The molecule has 1 aliphatic rings. The van der Waals surface area contributed by atoms with E-state index < -0.39 is 0 Å². The number of ether oxygens (including phenoxy) is 1. The highest BCUT2D eigenvalue weighted by atomic mass is 16.5. The van der Waals surface area contributed by atoms with Crippen LogP contribution in [0.5, 0.6) is 0 Å². The number of anilines is 1. The van der Waals surface area contributed by atoms with Crippen molar-refractivity contribution in [2.24, 2.45) is 0 Å². The van der Waals surface area contributed by atoms with Gasteiger partial charge in [0.2, 0.25) is 0 Å². The van der Waals surface area contributed by atoms with Crippen LogP contribution < -0.4 is 5.73 Å². The van der Waals surface area contributed by atoms with E-state index in [0.717, 1.165) is 86.4 Å². The number of nitrogen functional groups attached to an aromatic ring is 1. The number of unbranched alkanes of at least 4 members (excludes halogenated alkanes) is 1. The number of aromatic nitrogens is 3. The number of nitrogens with two attached hydrogens (primary N) is 1. The van der Waals surface area contributed by atoms with E-state index in [1.54, 1.807) is 0 Å². The molecule has 138 valence electrons. The molecule has 0 spiro atoms. The Labute approximate surface area is 154 Å². The lowest BCUT2D eigenvalue weighted by molar-refractivity contribution is 0.0364. The van der Waals surface area contributed by atoms with Crippen LogP contribution in [0.4, 0.5) is 5.82 Å². The molecule has 6 heteroatoms. The molecule has 0 amide bonds. The third-order valence-electron chi connectivity index (χ3n) is 5.19. The number of hydrogen-bond donors (Lipinski definition) is 1. The number of nitrogens with zero attached hydrogens (tertiary/aromatic N) is 4. The third-order valence-corrected chi connectivity index (χ3v) is 5.19. The van der Waals surface area contributed by atoms with Crippen molar-refractivity contribution in [3.05, 3.63) is 30.1 Å². The van der Waals surface area contributed by atoms with Gasteiger partial charge in [0.05, 0.1) is 24.2 Å². The van der Waals surface area contributed by atoms with E-state index in [4.69, 9.17) is 15.5 Å². The Kier molecular flexibility index (Phi) is 5.04. The molecule has 0 saturated carbocycles. The smallest absolute Gasteiger partial charge is 0.152 e. The van der Waals surface area contributed by atoms with Gasteiger partial charge in [0.25, 0.3) is 0 Å². The summed E-state index contributed by atoms with van der Waals surface area (Å²) in [5.41, 5.74) is 9.17. The molecule has 0 unspecified atom stereocenters. The molecule has 1 fully saturated rings. The molecule has 2 N–H and O–H groups in total. The van der Waals surface area contributed by atoms with E-state index in [2.05, 4.69) is 33.5 Å². The third kappa shape index (κ3) is 3.27. The predicted octanol–water partition coefficient (Wildman–Crippen LogP) is 2.84. The van der Waals surface area contributed by atoms with Crippen LogP contribution in [0.2, 0.25) is 0 Å². The topological polar surface area (TPSA) is 69.2 Å². The number of morpholine rings is 1. The summed E-state index contributed by atoms with van der Waals surface area (Å²) in [5.74, 6) is 1.65. The first-order valence-corrected chi connectivity index (χ1v) is 9.61. The first-order valence-electron chi connectivity index (χ1n) is 9.61. The van der Waals surface area contributed by atoms with E-state index in [0.29, 0.717) is 5.82 Å². The van der Waals surface area contributed by atoms with E-state index in [1.807, 2.05) is 12.1 Å². The maximum Gasteiger partial charge on any atom is 0.152 e. The summed E-state index contributed by atoms with van der Waals surface area (Å²) < 4.78 is 7.85. The minimum atomic E-state index is 0.529. The van der Waals surface area contributed by atoms with Gasteiger partial charge in [0.1, 0.15) is 11.3 Å². The van der Waals surface area contributed by atoms with Gasteiger partial charge in [-0.2, -0.15) is 0 Å². The summed E-state index contributed by atoms with van der Waals surface area (Å²) in [6, 6.07) is 8.22. The van der Waals surface area contributed by atoms with Gasteiger partial charge in [-0.3, -0.25) is 4.90 Å². The molecule has 0 atom stereocenters. The van der Waals surface area contributed by atoms with Crippen molar-refractivity contribution < 1.29 is 4.74 Å². The van der Waals surface area contributed by atoms with Crippen LogP contribution in [0.1, 0.15) is 25.6 Å². The highest BCUT2D eigenvalue weighted by Gasteiger charge is 2.18. The van der Waals surface area contributed by atoms with Crippen LogP contribution in [-0.2, 0) is 17.7 Å². The standard InChI is InChI=1S/C20H27N5O/c1-2-3-8-17-23-18-19(15-6-4-5-7-16(15)22-20(18)21)25(17)10-9-24-11-13-26-14-12-24/h4-7H,2-3,8-14H2,1H3,(H2,21,22). The Balaban J connectivity index is 1.78. The van der Waals surface area contributed by atoms with Crippen molar-refractivity contribution in [2.75, 3.05) is 38.6 Å². The number of para-hydroxylation sites is 1. The Hall–Kier alpha value is -2.18. The second-order valence-electron chi connectivity index (χ2n) is 6.95. The second-order valence-corrected chi connectivity index (χ2v) is 6.95. The number of benzene rings is 1. The molecule has 4 rings (SSSR count). The monoisotopic (exact) mass is 353 g/mol. The Morgan fingerprint density at radius 3 is 2.73 bits per heavy atom. The van der Waals surface area contributed by atoms with Crippen molar-refractivity contribution in [1.82, 2.24) is 19.4 Å². The first-order chi connectivity index (χ1) is 12.8. The molecule has 26 heavy (non-hydrogen) atoms. The quantitative estimate of drug-likeness (QED) is 0.738. The first kappa shape index (κ1) is 17.2. The largest absolute Gasteiger partial charge is 0.382 e. The SMILES string of the molecule is CCCCc1nc2c(N)nc3ccccc3c2n1CCN1CCOCC1. The number of imidazole rings is 1. The summed E-state index contributed by atoms with van der Waals surface area (Å²) in [6.45, 7) is 7.79. The summed E-state index contributed by atoms with van der Waals surface area (Å²) in [5, 5.41) is 1.13. The average Bonchev–Trinajstić information content (AvgIpc) is 3.05. The molecule has 2 aromatic heterocycles. The van der Waals surface area contributed by atoms with Gasteiger partial charge < -0.3 is 15.0 Å². The van der Waals surface area contributed by atoms with Crippen molar-refractivity contribution in [3.63, 3.8) is 0 Å². The van der Waals surface area contributed by atoms with Crippen LogP contribution in [0, 0.1) is 0 Å². The fourth-order valence-corrected chi connectivity index (χ4v) is 3.74. The van der Waals surface area contributed by atoms with Crippen LogP contribution in [-0.4, -0.2) is 52.3 Å². The molecule has 1 aliphatic heterocycles. The van der Waals surface area contributed by atoms with Crippen LogP contribution >= 0.6 is 0 Å². The summed E-state index contributed by atoms with van der Waals surface area (Å²) in [4.78, 5) is 11.9. The summed E-state index contributed by atoms with van der Waals surface area (Å²) >= 11 is 0. The van der Waals surface area contributed by atoms with Gasteiger partial charge in [-0.05, 0) is 12.5 Å². The number of fused-ring (bicyclic) bond motifs is 3. The highest BCUT2D eigenvalue weighted by Crippen LogP contribution is 2.29. The van der Waals surface area contributed by atoms with Crippen molar-refractivity contribution in [1.29, 1.82) is 0 Å². The maximum absolute atomic E-state index is 6.26. The van der Waals surface area contributed by atoms with Crippen molar-refractivity contribution >= 4 is 27.8 Å². The van der Waals surface area contributed by atoms with Gasteiger partial charge in [-0.25, -0.2) is 9.97 Å². The number of rotatable bonds is 6. The van der Waals surface area contributed by atoms with Crippen LogP contribution in [0.25, 0.3) is 21.9 Å². The highest BCUT2D eigenvalue weighted by molar-refractivity contribution is 6.06. The molecule has 1 saturated heterocycles.